The maximum atomic E-state index is 13.8. The number of nitro benzene ring substituents is 1. The molecule has 1 aromatic carbocycles. The molecule has 1 N–H and O–H groups in total. The molecule has 0 saturated carbocycles. The van der Waals surface area contributed by atoms with Gasteiger partial charge in [-0.05, 0) is 18.2 Å². The summed E-state index contributed by atoms with van der Waals surface area (Å²) >= 11 is 0. The summed E-state index contributed by atoms with van der Waals surface area (Å²) in [5.74, 6) is -3.80. The molecule has 1 amide bonds. The van der Waals surface area contributed by atoms with Gasteiger partial charge < -0.3 is 5.32 Å². The number of anilines is 1. The summed E-state index contributed by atoms with van der Waals surface area (Å²) in [5.41, 5.74) is -2.00. The van der Waals surface area contributed by atoms with Gasteiger partial charge in [0, 0.05) is 12.3 Å². The van der Waals surface area contributed by atoms with Crippen molar-refractivity contribution in [3.8, 4) is 0 Å². The number of nitrogens with one attached hydrogen (secondary N) is 1. The van der Waals surface area contributed by atoms with Crippen LogP contribution in [0.5, 0.6) is 0 Å². The number of carbonyl (C=O) groups excluding carboxylic acids is 1. The van der Waals surface area contributed by atoms with E-state index in [0.29, 0.717) is 12.1 Å². The lowest BCUT2D eigenvalue weighted by Crippen LogP contribution is -2.17. The third-order valence-electron chi connectivity index (χ3n) is 2.40. The number of aromatic nitrogens is 1. The Morgan fingerprint density at radius 2 is 2.00 bits per heavy atom. The first-order valence-electron chi connectivity index (χ1n) is 5.35. The number of pyridine rings is 1. The number of nitro groups is 1. The van der Waals surface area contributed by atoms with Gasteiger partial charge in [-0.3, -0.25) is 14.9 Å². The highest BCUT2D eigenvalue weighted by Gasteiger charge is 2.26. The fourth-order valence-corrected chi connectivity index (χ4v) is 1.51. The molecule has 0 aliphatic carbocycles. The third kappa shape index (κ3) is 2.58. The van der Waals surface area contributed by atoms with Crippen LogP contribution in [0.15, 0.2) is 36.5 Å². The van der Waals surface area contributed by atoms with Crippen LogP contribution >= 0.6 is 0 Å². The van der Waals surface area contributed by atoms with Crippen molar-refractivity contribution < 1.29 is 18.5 Å². The molecule has 2 aromatic rings. The van der Waals surface area contributed by atoms with E-state index in [2.05, 4.69) is 10.3 Å². The summed E-state index contributed by atoms with van der Waals surface area (Å²) in [6, 6.07) is 5.87. The van der Waals surface area contributed by atoms with Crippen molar-refractivity contribution in [2.75, 3.05) is 5.32 Å². The Morgan fingerprint density at radius 1 is 1.25 bits per heavy atom. The number of carbonyl (C=O) groups is 1. The van der Waals surface area contributed by atoms with E-state index in [1.807, 2.05) is 0 Å². The highest BCUT2D eigenvalue weighted by molar-refractivity contribution is 6.04. The number of rotatable bonds is 3. The molecule has 1 heterocycles. The maximum absolute atomic E-state index is 13.8. The summed E-state index contributed by atoms with van der Waals surface area (Å²) < 4.78 is 27.3. The van der Waals surface area contributed by atoms with Crippen LogP contribution in [0.4, 0.5) is 20.3 Å². The Balaban J connectivity index is 2.39. The minimum absolute atomic E-state index is 0.0720. The fraction of sp³-hybridized carbons (Fsp3) is 0. The van der Waals surface area contributed by atoms with Crippen LogP contribution in [0.2, 0.25) is 0 Å². The first-order chi connectivity index (χ1) is 9.50. The second-order valence-corrected chi connectivity index (χ2v) is 3.68. The second-order valence-electron chi connectivity index (χ2n) is 3.68. The molecule has 0 saturated heterocycles. The van der Waals surface area contributed by atoms with Crippen LogP contribution in [0, 0.1) is 21.7 Å². The zero-order chi connectivity index (χ0) is 14.7. The van der Waals surface area contributed by atoms with Gasteiger partial charge >= 0.3 is 5.69 Å². The standard InChI is InChI=1S/C12H7F2N3O3/c13-7-4-5-8(17(19)20)11(14)10(7)12(18)16-9-3-1-2-6-15-9/h1-6H,(H,15,16,18). The van der Waals surface area contributed by atoms with Gasteiger partial charge in [0.15, 0.2) is 0 Å². The largest absolute Gasteiger partial charge is 0.306 e. The number of benzene rings is 1. The van der Waals surface area contributed by atoms with Crippen molar-refractivity contribution in [1.82, 2.24) is 4.98 Å². The van der Waals surface area contributed by atoms with Crippen LogP contribution < -0.4 is 5.32 Å². The predicted octanol–water partition coefficient (Wildman–Crippen LogP) is 2.52. The van der Waals surface area contributed by atoms with Crippen LogP contribution in [-0.4, -0.2) is 15.8 Å². The average Bonchev–Trinajstić information content (AvgIpc) is 2.39. The number of halogens is 2. The van der Waals surface area contributed by atoms with E-state index in [-0.39, 0.29) is 5.82 Å². The van der Waals surface area contributed by atoms with Crippen molar-refractivity contribution in [2.24, 2.45) is 0 Å². The highest BCUT2D eigenvalue weighted by atomic mass is 19.1. The molecule has 0 spiro atoms. The predicted molar refractivity (Wildman–Crippen MR) is 65.2 cm³/mol. The van der Waals surface area contributed by atoms with Crippen molar-refractivity contribution >= 4 is 17.4 Å². The third-order valence-corrected chi connectivity index (χ3v) is 2.40. The molecule has 1 aromatic heterocycles. The van der Waals surface area contributed by atoms with Crippen molar-refractivity contribution in [1.29, 1.82) is 0 Å². The van der Waals surface area contributed by atoms with Gasteiger partial charge in [0.1, 0.15) is 17.2 Å². The zero-order valence-corrected chi connectivity index (χ0v) is 9.84. The van der Waals surface area contributed by atoms with E-state index in [4.69, 9.17) is 0 Å². The van der Waals surface area contributed by atoms with E-state index >= 15 is 0 Å². The Morgan fingerprint density at radius 3 is 2.60 bits per heavy atom. The Hall–Kier alpha value is -2.90. The van der Waals surface area contributed by atoms with E-state index in [9.17, 15) is 23.7 Å². The quantitative estimate of drug-likeness (QED) is 0.691. The van der Waals surface area contributed by atoms with Crippen LogP contribution in [0.25, 0.3) is 0 Å². The molecule has 8 heteroatoms. The fourth-order valence-electron chi connectivity index (χ4n) is 1.51. The molecule has 0 aliphatic rings. The van der Waals surface area contributed by atoms with Crippen molar-refractivity contribution in [3.05, 3.63) is 63.8 Å². The first-order valence-corrected chi connectivity index (χ1v) is 5.35. The second kappa shape index (κ2) is 5.39. The Labute approximate surface area is 111 Å². The normalized spacial score (nSPS) is 10.1. The first kappa shape index (κ1) is 13.5. The monoisotopic (exact) mass is 279 g/mol. The molecule has 0 fully saturated rings. The molecule has 0 aliphatic heterocycles. The summed E-state index contributed by atoms with van der Waals surface area (Å²) in [5, 5.41) is 12.7. The van der Waals surface area contributed by atoms with E-state index in [0.717, 1.165) is 0 Å². The molecule has 0 unspecified atom stereocenters. The lowest BCUT2D eigenvalue weighted by atomic mass is 10.1. The number of hydrogen-bond acceptors (Lipinski definition) is 4. The highest BCUT2D eigenvalue weighted by Crippen LogP contribution is 2.23. The number of amides is 1. The van der Waals surface area contributed by atoms with Gasteiger partial charge in [0.05, 0.1) is 4.92 Å². The van der Waals surface area contributed by atoms with Crippen LogP contribution in [-0.2, 0) is 0 Å². The lowest BCUT2D eigenvalue weighted by molar-refractivity contribution is -0.387. The summed E-state index contributed by atoms with van der Waals surface area (Å²) in [6.45, 7) is 0. The minimum atomic E-state index is -1.52. The average molecular weight is 279 g/mol. The Kier molecular flexibility index (Phi) is 3.65. The number of nitrogens with zero attached hydrogens (tertiary/aromatic N) is 2. The zero-order valence-electron chi connectivity index (χ0n) is 9.84. The van der Waals surface area contributed by atoms with Gasteiger partial charge in [0.25, 0.3) is 5.91 Å². The molecular weight excluding hydrogens is 272 g/mol. The maximum Gasteiger partial charge on any atom is 0.305 e. The van der Waals surface area contributed by atoms with Crippen LogP contribution in [0.1, 0.15) is 10.4 Å². The molecular formula is C12H7F2N3O3. The minimum Gasteiger partial charge on any atom is -0.306 e. The van der Waals surface area contributed by atoms with Crippen LogP contribution in [0.3, 0.4) is 0 Å². The van der Waals surface area contributed by atoms with E-state index in [1.165, 1.54) is 12.3 Å². The van der Waals surface area contributed by atoms with Gasteiger partial charge in [-0.2, -0.15) is 4.39 Å². The van der Waals surface area contributed by atoms with Gasteiger partial charge in [-0.1, -0.05) is 6.07 Å². The lowest BCUT2D eigenvalue weighted by Gasteiger charge is -2.06. The molecule has 6 nitrogen and oxygen atoms in total. The van der Waals surface area contributed by atoms with Crippen molar-refractivity contribution in [3.63, 3.8) is 0 Å². The van der Waals surface area contributed by atoms with E-state index in [1.54, 1.807) is 12.1 Å². The molecule has 0 atom stereocenters. The Bertz CT molecular complexity index is 677. The summed E-state index contributed by atoms with van der Waals surface area (Å²) in [7, 11) is 0. The SMILES string of the molecule is O=C(Nc1ccccn1)c1c(F)ccc([N+](=O)[O-])c1F. The van der Waals surface area contributed by atoms with E-state index < -0.39 is 33.7 Å². The summed E-state index contributed by atoms with van der Waals surface area (Å²) in [6.07, 6.45) is 1.37. The van der Waals surface area contributed by atoms with Gasteiger partial charge in [-0.25, -0.2) is 9.37 Å². The number of hydrogen-bond donors (Lipinski definition) is 1. The topological polar surface area (TPSA) is 85.1 Å². The molecule has 20 heavy (non-hydrogen) atoms. The molecule has 0 radical (unpaired) electrons. The van der Waals surface area contributed by atoms with Crippen molar-refractivity contribution in [2.45, 2.75) is 0 Å². The smallest absolute Gasteiger partial charge is 0.305 e. The molecule has 102 valence electrons. The molecule has 0 bridgehead atoms. The molecule has 2 rings (SSSR count). The summed E-state index contributed by atoms with van der Waals surface area (Å²) in [4.78, 5) is 25.1. The van der Waals surface area contributed by atoms with Gasteiger partial charge in [-0.15, -0.1) is 0 Å². The van der Waals surface area contributed by atoms with Gasteiger partial charge in [0.2, 0.25) is 5.82 Å².